The standard InChI is InChI=1S/C10H7ClN6O/c11-5-2-1-3-6(4-5)13-8-7(12)14-9-10(15-8)17-18-16-9/h1-4H,(H2,12,14,16)(H,13,15,17). The Bertz CT molecular complexity index is 712. The van der Waals surface area contributed by atoms with Crippen LogP contribution in [0, 0.1) is 0 Å². The third-order valence-corrected chi connectivity index (χ3v) is 2.46. The lowest BCUT2D eigenvalue weighted by Gasteiger charge is -2.06. The molecule has 0 saturated heterocycles. The molecule has 0 unspecified atom stereocenters. The van der Waals surface area contributed by atoms with Crippen molar-refractivity contribution < 1.29 is 4.63 Å². The molecule has 0 spiro atoms. The van der Waals surface area contributed by atoms with E-state index in [1.165, 1.54) is 0 Å². The number of anilines is 3. The molecule has 0 aliphatic rings. The monoisotopic (exact) mass is 262 g/mol. The molecule has 0 bridgehead atoms. The van der Waals surface area contributed by atoms with Crippen LogP contribution >= 0.6 is 11.6 Å². The first-order valence-corrected chi connectivity index (χ1v) is 5.38. The third-order valence-electron chi connectivity index (χ3n) is 2.23. The number of nitrogens with zero attached hydrogens (tertiary/aromatic N) is 4. The fraction of sp³-hybridized carbons (Fsp3) is 0. The molecule has 0 aliphatic carbocycles. The van der Waals surface area contributed by atoms with Gasteiger partial charge in [0.25, 0.3) is 0 Å². The maximum Gasteiger partial charge on any atom is 0.245 e. The summed E-state index contributed by atoms with van der Waals surface area (Å²) in [5, 5.41) is 10.8. The summed E-state index contributed by atoms with van der Waals surface area (Å²) >= 11 is 5.88. The van der Waals surface area contributed by atoms with E-state index in [-0.39, 0.29) is 17.1 Å². The zero-order valence-electron chi connectivity index (χ0n) is 8.96. The van der Waals surface area contributed by atoms with Gasteiger partial charge in [-0.15, -0.1) is 0 Å². The van der Waals surface area contributed by atoms with E-state index in [9.17, 15) is 0 Å². The van der Waals surface area contributed by atoms with Crippen molar-refractivity contribution in [1.29, 1.82) is 0 Å². The topological polar surface area (TPSA) is 103 Å². The van der Waals surface area contributed by atoms with Crippen LogP contribution in [0.25, 0.3) is 11.3 Å². The lowest BCUT2D eigenvalue weighted by atomic mass is 10.3. The number of aromatic nitrogens is 4. The Labute approximate surface area is 106 Å². The van der Waals surface area contributed by atoms with Crippen LogP contribution in [0.3, 0.4) is 0 Å². The number of hydrogen-bond donors (Lipinski definition) is 2. The molecule has 8 heteroatoms. The second kappa shape index (κ2) is 4.11. The van der Waals surface area contributed by atoms with Crippen molar-refractivity contribution in [2.45, 2.75) is 0 Å². The van der Waals surface area contributed by atoms with E-state index in [0.717, 1.165) is 5.69 Å². The Balaban J connectivity index is 2.01. The lowest BCUT2D eigenvalue weighted by molar-refractivity contribution is 0.314. The SMILES string of the molecule is Nc1nc2nonc2nc1Nc1cccc(Cl)c1. The number of halogens is 1. The normalized spacial score (nSPS) is 10.7. The molecule has 0 saturated carbocycles. The van der Waals surface area contributed by atoms with E-state index in [2.05, 4.69) is 30.2 Å². The van der Waals surface area contributed by atoms with Crippen LogP contribution in [0.15, 0.2) is 28.9 Å². The molecule has 90 valence electrons. The quantitative estimate of drug-likeness (QED) is 0.728. The minimum atomic E-state index is 0.207. The number of benzene rings is 1. The molecule has 3 aromatic rings. The van der Waals surface area contributed by atoms with Gasteiger partial charge in [0.05, 0.1) is 0 Å². The fourth-order valence-corrected chi connectivity index (χ4v) is 1.64. The molecule has 2 aromatic heterocycles. The van der Waals surface area contributed by atoms with E-state index in [0.29, 0.717) is 10.8 Å². The predicted octanol–water partition coefficient (Wildman–Crippen LogP) is 1.99. The van der Waals surface area contributed by atoms with Crippen LogP contribution in [0.5, 0.6) is 0 Å². The average Bonchev–Trinajstić information content (AvgIpc) is 2.76. The summed E-state index contributed by atoms with van der Waals surface area (Å²) in [6.45, 7) is 0. The van der Waals surface area contributed by atoms with Gasteiger partial charge in [-0.2, -0.15) is 0 Å². The Morgan fingerprint density at radius 3 is 2.72 bits per heavy atom. The van der Waals surface area contributed by atoms with E-state index in [1.807, 2.05) is 12.1 Å². The van der Waals surface area contributed by atoms with E-state index < -0.39 is 0 Å². The maximum absolute atomic E-state index is 5.88. The predicted molar refractivity (Wildman–Crippen MR) is 66.5 cm³/mol. The molecule has 0 radical (unpaired) electrons. The van der Waals surface area contributed by atoms with Gasteiger partial charge in [-0.25, -0.2) is 14.6 Å². The summed E-state index contributed by atoms with van der Waals surface area (Å²) < 4.78 is 4.51. The number of nitrogens with two attached hydrogens (primary N) is 1. The molecule has 7 nitrogen and oxygen atoms in total. The van der Waals surface area contributed by atoms with Gasteiger partial charge >= 0.3 is 0 Å². The summed E-state index contributed by atoms with van der Waals surface area (Å²) in [6, 6.07) is 7.16. The number of fused-ring (bicyclic) bond motifs is 1. The lowest BCUT2D eigenvalue weighted by Crippen LogP contribution is -2.02. The molecule has 3 rings (SSSR count). The van der Waals surface area contributed by atoms with Gasteiger partial charge in [0.2, 0.25) is 11.3 Å². The first-order chi connectivity index (χ1) is 8.72. The first-order valence-electron chi connectivity index (χ1n) is 5.01. The van der Waals surface area contributed by atoms with E-state index in [1.54, 1.807) is 12.1 Å². The smallest absolute Gasteiger partial charge is 0.245 e. The van der Waals surface area contributed by atoms with Crippen LogP contribution in [0.1, 0.15) is 0 Å². The summed E-state index contributed by atoms with van der Waals surface area (Å²) in [7, 11) is 0. The molecular formula is C10H7ClN6O. The highest BCUT2D eigenvalue weighted by molar-refractivity contribution is 6.30. The molecule has 0 fully saturated rings. The summed E-state index contributed by atoms with van der Waals surface area (Å²) in [4.78, 5) is 8.16. The van der Waals surface area contributed by atoms with Gasteiger partial charge in [0.1, 0.15) is 0 Å². The van der Waals surface area contributed by atoms with Crippen LogP contribution in [0.4, 0.5) is 17.3 Å². The van der Waals surface area contributed by atoms with Crippen molar-refractivity contribution in [2.75, 3.05) is 11.1 Å². The number of rotatable bonds is 2. The van der Waals surface area contributed by atoms with Gasteiger partial charge in [-0.3, -0.25) is 0 Å². The first kappa shape index (κ1) is 10.7. The van der Waals surface area contributed by atoms with Gasteiger partial charge in [-0.1, -0.05) is 17.7 Å². The maximum atomic E-state index is 5.88. The highest BCUT2D eigenvalue weighted by Crippen LogP contribution is 2.23. The Hall–Kier alpha value is -2.41. The Kier molecular flexibility index (Phi) is 2.45. The van der Waals surface area contributed by atoms with Crippen molar-refractivity contribution in [3.8, 4) is 0 Å². The van der Waals surface area contributed by atoms with Gasteiger partial charge in [0.15, 0.2) is 11.6 Å². The minimum Gasteiger partial charge on any atom is -0.381 e. The highest BCUT2D eigenvalue weighted by Gasteiger charge is 2.10. The summed E-state index contributed by atoms with van der Waals surface area (Å²) in [6.07, 6.45) is 0. The number of nitrogens with one attached hydrogen (secondary N) is 1. The summed E-state index contributed by atoms with van der Waals surface area (Å²) in [5.74, 6) is 0.582. The molecule has 18 heavy (non-hydrogen) atoms. The number of nitrogen functional groups attached to an aromatic ring is 1. The second-order valence-electron chi connectivity index (χ2n) is 3.50. The number of hydrogen-bond acceptors (Lipinski definition) is 7. The van der Waals surface area contributed by atoms with Crippen molar-refractivity contribution in [3.05, 3.63) is 29.3 Å². The van der Waals surface area contributed by atoms with Crippen LogP contribution in [-0.4, -0.2) is 20.3 Å². The van der Waals surface area contributed by atoms with Crippen LogP contribution in [-0.2, 0) is 0 Å². The van der Waals surface area contributed by atoms with E-state index >= 15 is 0 Å². The van der Waals surface area contributed by atoms with Gasteiger partial charge < -0.3 is 11.1 Å². The van der Waals surface area contributed by atoms with Crippen LogP contribution in [0.2, 0.25) is 5.02 Å². The van der Waals surface area contributed by atoms with Crippen LogP contribution < -0.4 is 11.1 Å². The Morgan fingerprint density at radius 2 is 1.94 bits per heavy atom. The minimum absolute atomic E-state index is 0.207. The third kappa shape index (κ3) is 1.91. The molecule has 0 aliphatic heterocycles. The highest BCUT2D eigenvalue weighted by atomic mass is 35.5. The van der Waals surface area contributed by atoms with Gasteiger partial charge in [-0.05, 0) is 28.5 Å². The van der Waals surface area contributed by atoms with E-state index in [4.69, 9.17) is 17.3 Å². The van der Waals surface area contributed by atoms with Crippen molar-refractivity contribution in [3.63, 3.8) is 0 Å². The second-order valence-corrected chi connectivity index (χ2v) is 3.94. The largest absolute Gasteiger partial charge is 0.381 e. The molecular weight excluding hydrogens is 256 g/mol. The zero-order chi connectivity index (χ0) is 12.5. The average molecular weight is 263 g/mol. The molecule has 2 heterocycles. The van der Waals surface area contributed by atoms with Gasteiger partial charge in [0, 0.05) is 10.7 Å². The zero-order valence-corrected chi connectivity index (χ0v) is 9.72. The molecule has 3 N–H and O–H groups in total. The molecule has 0 atom stereocenters. The van der Waals surface area contributed by atoms with Crippen molar-refractivity contribution >= 4 is 40.2 Å². The van der Waals surface area contributed by atoms with Crippen molar-refractivity contribution in [1.82, 2.24) is 20.3 Å². The Morgan fingerprint density at radius 1 is 1.17 bits per heavy atom. The molecule has 0 amide bonds. The molecule has 1 aromatic carbocycles. The summed E-state index contributed by atoms with van der Waals surface area (Å²) in [5.41, 5.74) is 7.06. The fourth-order valence-electron chi connectivity index (χ4n) is 1.45. The van der Waals surface area contributed by atoms with Crippen molar-refractivity contribution in [2.24, 2.45) is 0 Å².